The first kappa shape index (κ1) is 20.3. The van der Waals surface area contributed by atoms with Crippen molar-refractivity contribution in [1.29, 1.82) is 0 Å². The van der Waals surface area contributed by atoms with Gasteiger partial charge in [0, 0.05) is 11.6 Å². The van der Waals surface area contributed by atoms with E-state index in [9.17, 15) is 27.1 Å². The van der Waals surface area contributed by atoms with Gasteiger partial charge in [-0.1, -0.05) is 0 Å². The Balaban J connectivity index is 2.44. The fourth-order valence-electron chi connectivity index (χ4n) is 2.29. The molecule has 1 heterocycles. The predicted molar refractivity (Wildman–Crippen MR) is 85.9 cm³/mol. The number of aliphatic hydroxyl groups is 1. The van der Waals surface area contributed by atoms with Gasteiger partial charge in [0.1, 0.15) is 24.1 Å². The molecule has 0 radical (unpaired) electrons. The van der Waals surface area contributed by atoms with Crippen LogP contribution >= 0.6 is 0 Å². The minimum atomic E-state index is -4.54. The Morgan fingerprint density at radius 2 is 1.65 bits per heavy atom. The molecule has 2 rings (SSSR count). The number of hydrogen-bond acceptors (Lipinski definition) is 6. The number of aromatic nitrogens is 3. The van der Waals surface area contributed by atoms with Gasteiger partial charge in [0.05, 0.1) is 0 Å². The Hall–Kier alpha value is -2.04. The van der Waals surface area contributed by atoms with Crippen LogP contribution in [0.1, 0.15) is 39.4 Å². The maximum absolute atomic E-state index is 14.2. The van der Waals surface area contributed by atoms with Crippen LogP contribution < -0.4 is 10.6 Å². The zero-order chi connectivity index (χ0) is 19.6. The van der Waals surface area contributed by atoms with E-state index in [4.69, 9.17) is 0 Å². The van der Waals surface area contributed by atoms with Crippen LogP contribution in [0.4, 0.5) is 33.8 Å². The molecule has 0 aliphatic heterocycles. The second-order valence-corrected chi connectivity index (χ2v) is 6.34. The summed E-state index contributed by atoms with van der Waals surface area (Å²) >= 11 is 0. The highest BCUT2D eigenvalue weighted by molar-refractivity contribution is 5.65. The first-order chi connectivity index (χ1) is 12.0. The van der Waals surface area contributed by atoms with E-state index in [0.29, 0.717) is 0 Å². The number of nitrogens with zero attached hydrogens (tertiary/aromatic N) is 3. The van der Waals surface area contributed by atoms with Gasteiger partial charge < -0.3 is 15.7 Å². The molecule has 0 saturated heterocycles. The lowest BCUT2D eigenvalue weighted by molar-refractivity contribution is -0.138. The van der Waals surface area contributed by atoms with E-state index in [1.54, 1.807) is 13.8 Å². The van der Waals surface area contributed by atoms with Crippen LogP contribution in [0.2, 0.25) is 0 Å². The number of nitrogens with one attached hydrogen (secondary N) is 2. The average molecular weight is 381 g/mol. The van der Waals surface area contributed by atoms with Gasteiger partial charge in [-0.15, -0.1) is 0 Å². The lowest BCUT2D eigenvalue weighted by Gasteiger charge is -2.23. The molecule has 0 spiro atoms. The third-order valence-corrected chi connectivity index (χ3v) is 3.72. The summed E-state index contributed by atoms with van der Waals surface area (Å²) in [6.45, 7) is 4.40. The van der Waals surface area contributed by atoms with Crippen molar-refractivity contribution in [3.63, 3.8) is 0 Å². The number of anilines is 2. The third kappa shape index (κ3) is 4.77. The third-order valence-electron chi connectivity index (χ3n) is 3.72. The van der Waals surface area contributed by atoms with Crippen molar-refractivity contribution >= 4 is 17.5 Å². The Labute approximate surface area is 146 Å². The summed E-state index contributed by atoms with van der Waals surface area (Å²) in [5.74, 6) is -1.83. The molecule has 1 aromatic heterocycles. The molecule has 0 bridgehead atoms. The van der Waals surface area contributed by atoms with E-state index in [1.807, 2.05) is 0 Å². The largest absolute Gasteiger partial charge is 0.408 e. The van der Waals surface area contributed by atoms with Gasteiger partial charge in [0.2, 0.25) is 11.9 Å². The molecule has 0 amide bonds. The quantitative estimate of drug-likeness (QED) is 0.680. The van der Waals surface area contributed by atoms with Crippen molar-refractivity contribution in [3.8, 4) is 0 Å². The van der Waals surface area contributed by atoms with Crippen LogP contribution in [-0.2, 0) is 0 Å². The number of rotatable bonds is 5. The molecule has 3 N–H and O–H groups in total. The number of hydrogen-bond donors (Lipinski definition) is 3. The Morgan fingerprint density at radius 3 is 2.19 bits per heavy atom. The summed E-state index contributed by atoms with van der Waals surface area (Å²) in [4.78, 5) is 11.7. The van der Waals surface area contributed by atoms with E-state index >= 15 is 0 Å². The molecular weight excluding hydrogens is 361 g/mol. The topological polar surface area (TPSA) is 83.0 Å². The zero-order valence-electron chi connectivity index (χ0n) is 14.4. The van der Waals surface area contributed by atoms with Gasteiger partial charge in [-0.2, -0.15) is 28.1 Å². The molecule has 0 fully saturated rings. The van der Waals surface area contributed by atoms with Crippen molar-refractivity contribution < 1.29 is 27.1 Å². The van der Waals surface area contributed by atoms with Crippen molar-refractivity contribution in [1.82, 2.24) is 15.0 Å². The molecule has 3 atom stereocenters. The highest BCUT2D eigenvalue weighted by atomic mass is 19.4. The molecule has 1 aliphatic carbocycles. The molecular formula is C15H20F5N5O. The minimum Gasteiger partial charge on any atom is -0.383 e. The molecule has 11 heteroatoms. The highest BCUT2D eigenvalue weighted by Gasteiger charge is 2.37. The summed E-state index contributed by atoms with van der Waals surface area (Å²) in [5, 5.41) is 14.5. The van der Waals surface area contributed by atoms with Crippen LogP contribution in [0.5, 0.6) is 0 Å². The first-order valence-corrected chi connectivity index (χ1v) is 8.06. The average Bonchev–Trinajstić information content (AvgIpc) is 2.51. The lowest BCUT2D eigenvalue weighted by atomic mass is 9.94. The smallest absolute Gasteiger partial charge is 0.383 e. The van der Waals surface area contributed by atoms with Gasteiger partial charge in [-0.3, -0.25) is 0 Å². The second-order valence-electron chi connectivity index (χ2n) is 6.34. The van der Waals surface area contributed by atoms with E-state index in [-0.39, 0.29) is 36.2 Å². The van der Waals surface area contributed by atoms with Crippen LogP contribution in [-0.4, -0.2) is 50.6 Å². The van der Waals surface area contributed by atoms with Crippen molar-refractivity contribution in [2.75, 3.05) is 10.6 Å². The zero-order valence-corrected chi connectivity index (χ0v) is 14.4. The summed E-state index contributed by atoms with van der Waals surface area (Å²) in [5.41, 5.74) is -0.150. The molecule has 1 aliphatic rings. The molecule has 6 nitrogen and oxygen atoms in total. The second kappa shape index (κ2) is 7.68. The van der Waals surface area contributed by atoms with Gasteiger partial charge in [-0.05, 0) is 33.6 Å². The fourth-order valence-corrected chi connectivity index (χ4v) is 2.29. The van der Waals surface area contributed by atoms with Crippen molar-refractivity contribution in [3.05, 3.63) is 11.7 Å². The van der Waals surface area contributed by atoms with E-state index < -0.39 is 36.3 Å². The number of allylic oxidation sites excluding steroid dienone is 1. The SMILES string of the molecule is CC(C)Nc1nc(N[C@H](C)C(F)(F)F)nc(C2=C(F)C(O)C(F)CC2)n1. The maximum atomic E-state index is 14.2. The maximum Gasteiger partial charge on any atom is 0.408 e. The Morgan fingerprint density at radius 1 is 1.08 bits per heavy atom. The normalized spacial score (nSPS) is 22.5. The van der Waals surface area contributed by atoms with Crippen molar-refractivity contribution in [2.45, 2.75) is 64.1 Å². The number of halogens is 5. The first-order valence-electron chi connectivity index (χ1n) is 8.06. The van der Waals surface area contributed by atoms with Crippen molar-refractivity contribution in [2.24, 2.45) is 0 Å². The van der Waals surface area contributed by atoms with Crippen LogP contribution in [0, 0.1) is 0 Å². The number of alkyl halides is 4. The summed E-state index contributed by atoms with van der Waals surface area (Å²) < 4.78 is 65.9. The van der Waals surface area contributed by atoms with Gasteiger partial charge >= 0.3 is 6.18 Å². The standard InChI is InChI=1S/C15H20F5N5O/c1-6(2)21-13-23-12(8-4-5-9(16)11(26)10(8)17)24-14(25-13)22-7(3)15(18,19)20/h6-7,9,11,26H,4-5H2,1-3H3,(H2,21,22,23,24,25)/t7-,9?,11?/m1/s1. The van der Waals surface area contributed by atoms with E-state index in [0.717, 1.165) is 6.92 Å². The fraction of sp³-hybridized carbons (Fsp3) is 0.667. The minimum absolute atomic E-state index is 0.0564. The predicted octanol–water partition coefficient (Wildman–Crippen LogP) is 3.23. The van der Waals surface area contributed by atoms with E-state index in [2.05, 4.69) is 25.6 Å². The monoisotopic (exact) mass is 381 g/mol. The Bertz CT molecular complexity index is 679. The highest BCUT2D eigenvalue weighted by Crippen LogP contribution is 2.34. The molecule has 0 saturated carbocycles. The van der Waals surface area contributed by atoms with Crippen LogP contribution in [0.15, 0.2) is 5.83 Å². The van der Waals surface area contributed by atoms with Crippen LogP contribution in [0.3, 0.4) is 0 Å². The summed E-state index contributed by atoms with van der Waals surface area (Å²) in [6.07, 6.45) is -8.47. The number of aliphatic hydroxyl groups excluding tert-OH is 1. The van der Waals surface area contributed by atoms with Gasteiger partial charge in [0.25, 0.3) is 0 Å². The van der Waals surface area contributed by atoms with Gasteiger partial charge in [0.15, 0.2) is 5.82 Å². The Kier molecular flexibility index (Phi) is 5.99. The van der Waals surface area contributed by atoms with Crippen LogP contribution in [0.25, 0.3) is 5.57 Å². The summed E-state index contributed by atoms with van der Waals surface area (Å²) in [6, 6.07) is -2.10. The molecule has 0 aromatic carbocycles. The van der Waals surface area contributed by atoms with Gasteiger partial charge in [-0.25, -0.2) is 8.78 Å². The molecule has 146 valence electrons. The molecule has 1 aromatic rings. The molecule has 2 unspecified atom stereocenters. The van der Waals surface area contributed by atoms with E-state index in [1.165, 1.54) is 0 Å². The summed E-state index contributed by atoms with van der Waals surface area (Å²) in [7, 11) is 0. The lowest BCUT2D eigenvalue weighted by Crippen LogP contribution is -2.34. The molecule has 26 heavy (non-hydrogen) atoms.